The van der Waals surface area contributed by atoms with Crippen molar-refractivity contribution in [2.24, 2.45) is 0 Å². The average molecular weight is 416 g/mol. The van der Waals surface area contributed by atoms with Crippen LogP contribution >= 0.6 is 11.3 Å². The molecule has 3 nitrogen and oxygen atoms in total. The molecule has 0 saturated carbocycles. The van der Waals surface area contributed by atoms with E-state index in [1.54, 1.807) is 17.5 Å². The van der Waals surface area contributed by atoms with Crippen molar-refractivity contribution in [2.75, 3.05) is 0 Å². The molecule has 0 aliphatic carbocycles. The van der Waals surface area contributed by atoms with Gasteiger partial charge in [0.25, 0.3) is 5.56 Å². The molecule has 0 fully saturated rings. The first-order valence-electron chi connectivity index (χ1n) is 8.46. The van der Waals surface area contributed by atoms with E-state index in [0.29, 0.717) is 5.52 Å². The van der Waals surface area contributed by atoms with E-state index < -0.39 is 23.1 Å². The summed E-state index contributed by atoms with van der Waals surface area (Å²) in [4.78, 5) is 17.4. The van der Waals surface area contributed by atoms with Crippen molar-refractivity contribution in [3.63, 3.8) is 0 Å². The first-order valence-corrected chi connectivity index (χ1v) is 9.33. The predicted molar refractivity (Wildman–Crippen MR) is 106 cm³/mol. The van der Waals surface area contributed by atoms with Crippen LogP contribution in [0.25, 0.3) is 28.1 Å². The minimum atomic E-state index is -4.66. The van der Waals surface area contributed by atoms with Crippen molar-refractivity contribution >= 4 is 33.7 Å². The Morgan fingerprint density at radius 3 is 2.45 bits per heavy atom. The SMILES string of the molecule is O=c1c2sccc2nc(/C=C/c2ccccc2F)n1-c1ccccc1C(F)(F)F. The van der Waals surface area contributed by atoms with Crippen LogP contribution in [0.4, 0.5) is 17.6 Å². The second kappa shape index (κ2) is 7.29. The summed E-state index contributed by atoms with van der Waals surface area (Å²) in [7, 11) is 0. The molecule has 0 atom stereocenters. The molecule has 2 heterocycles. The molecular formula is C21H12F4N2OS. The summed E-state index contributed by atoms with van der Waals surface area (Å²) >= 11 is 1.10. The Labute approximate surface area is 166 Å². The van der Waals surface area contributed by atoms with E-state index in [1.165, 1.54) is 48.6 Å². The Kier molecular flexibility index (Phi) is 4.79. The average Bonchev–Trinajstić information content (AvgIpc) is 3.16. The Hall–Kier alpha value is -3.26. The minimum absolute atomic E-state index is 0.0270. The van der Waals surface area contributed by atoms with Gasteiger partial charge in [0.2, 0.25) is 0 Å². The standard InChI is InChI=1S/C21H12F4N2OS/c22-15-7-3-1-5-13(15)9-10-18-26-16-11-12-29-19(16)20(28)27(18)17-8-4-2-6-14(17)21(23,24)25/h1-12H/b10-9+. The normalized spacial score (nSPS) is 12.1. The summed E-state index contributed by atoms with van der Waals surface area (Å²) in [5, 5.41) is 1.64. The van der Waals surface area contributed by atoms with E-state index in [0.717, 1.165) is 22.0 Å². The lowest BCUT2D eigenvalue weighted by Gasteiger charge is -2.16. The highest BCUT2D eigenvalue weighted by Gasteiger charge is 2.34. The van der Waals surface area contributed by atoms with Gasteiger partial charge in [-0.3, -0.25) is 9.36 Å². The fourth-order valence-electron chi connectivity index (χ4n) is 2.96. The second-order valence-electron chi connectivity index (χ2n) is 6.12. The van der Waals surface area contributed by atoms with Crippen LogP contribution in [0.15, 0.2) is 64.8 Å². The lowest BCUT2D eigenvalue weighted by Crippen LogP contribution is -2.24. The van der Waals surface area contributed by atoms with Gasteiger partial charge in [0.05, 0.1) is 16.8 Å². The number of nitrogens with zero attached hydrogens (tertiary/aromatic N) is 2. The third kappa shape index (κ3) is 3.58. The van der Waals surface area contributed by atoms with E-state index in [-0.39, 0.29) is 21.8 Å². The molecule has 0 radical (unpaired) electrons. The van der Waals surface area contributed by atoms with Gasteiger partial charge in [0.1, 0.15) is 16.3 Å². The highest BCUT2D eigenvalue weighted by Crippen LogP contribution is 2.34. The van der Waals surface area contributed by atoms with Gasteiger partial charge in [0, 0.05) is 5.56 Å². The number of alkyl halides is 3. The van der Waals surface area contributed by atoms with Gasteiger partial charge in [-0.15, -0.1) is 11.3 Å². The molecular weight excluding hydrogens is 404 g/mol. The zero-order chi connectivity index (χ0) is 20.6. The van der Waals surface area contributed by atoms with Crippen LogP contribution in [0.1, 0.15) is 17.0 Å². The second-order valence-corrected chi connectivity index (χ2v) is 7.03. The number of hydrogen-bond donors (Lipinski definition) is 0. The van der Waals surface area contributed by atoms with Crippen LogP contribution in [-0.4, -0.2) is 9.55 Å². The number of aromatic nitrogens is 2. The van der Waals surface area contributed by atoms with Crippen molar-refractivity contribution in [2.45, 2.75) is 6.18 Å². The Balaban J connectivity index is 2.00. The van der Waals surface area contributed by atoms with Crippen LogP contribution in [0, 0.1) is 5.82 Å². The highest BCUT2D eigenvalue weighted by atomic mass is 32.1. The highest BCUT2D eigenvalue weighted by molar-refractivity contribution is 7.17. The number of halogens is 4. The van der Waals surface area contributed by atoms with Gasteiger partial charge in [-0.25, -0.2) is 9.37 Å². The van der Waals surface area contributed by atoms with Crippen LogP contribution in [-0.2, 0) is 6.18 Å². The molecule has 0 N–H and O–H groups in total. The fraction of sp³-hybridized carbons (Fsp3) is 0.0476. The monoisotopic (exact) mass is 416 g/mol. The number of thiophene rings is 1. The zero-order valence-electron chi connectivity index (χ0n) is 14.7. The van der Waals surface area contributed by atoms with Crippen LogP contribution in [0.5, 0.6) is 0 Å². The van der Waals surface area contributed by atoms with Crippen molar-refractivity contribution in [1.29, 1.82) is 0 Å². The molecule has 2 aromatic heterocycles. The van der Waals surface area contributed by atoms with E-state index in [1.807, 2.05) is 0 Å². The molecule has 0 unspecified atom stereocenters. The maximum absolute atomic E-state index is 13.9. The Morgan fingerprint density at radius 1 is 0.966 bits per heavy atom. The van der Waals surface area contributed by atoms with E-state index >= 15 is 0 Å². The summed E-state index contributed by atoms with van der Waals surface area (Å²) in [5.41, 5.74) is -1.31. The quantitative estimate of drug-likeness (QED) is 0.397. The van der Waals surface area contributed by atoms with Crippen molar-refractivity contribution in [3.05, 3.63) is 93.1 Å². The van der Waals surface area contributed by atoms with E-state index in [2.05, 4.69) is 4.98 Å². The molecule has 4 rings (SSSR count). The molecule has 146 valence electrons. The van der Waals surface area contributed by atoms with E-state index in [9.17, 15) is 22.4 Å². The van der Waals surface area contributed by atoms with Crippen molar-refractivity contribution < 1.29 is 17.6 Å². The Morgan fingerprint density at radius 2 is 1.69 bits per heavy atom. The summed E-state index contributed by atoms with van der Waals surface area (Å²) in [5.74, 6) is -0.522. The summed E-state index contributed by atoms with van der Waals surface area (Å²) in [6, 6.07) is 12.3. The van der Waals surface area contributed by atoms with Crippen molar-refractivity contribution in [3.8, 4) is 5.69 Å². The molecule has 0 bridgehead atoms. The molecule has 0 spiro atoms. The largest absolute Gasteiger partial charge is 0.418 e. The molecule has 29 heavy (non-hydrogen) atoms. The summed E-state index contributed by atoms with van der Waals surface area (Å²) in [6.45, 7) is 0. The maximum Gasteiger partial charge on any atom is 0.418 e. The Bertz CT molecular complexity index is 1290. The number of para-hydroxylation sites is 1. The molecule has 8 heteroatoms. The smallest absolute Gasteiger partial charge is 0.267 e. The summed E-state index contributed by atoms with van der Waals surface area (Å²) < 4.78 is 55.8. The van der Waals surface area contributed by atoms with E-state index in [4.69, 9.17) is 0 Å². The lowest BCUT2D eigenvalue weighted by molar-refractivity contribution is -0.137. The van der Waals surface area contributed by atoms with Crippen molar-refractivity contribution in [1.82, 2.24) is 9.55 Å². The minimum Gasteiger partial charge on any atom is -0.267 e. The molecule has 0 amide bonds. The van der Waals surface area contributed by atoms with Gasteiger partial charge in [-0.1, -0.05) is 30.3 Å². The summed E-state index contributed by atoms with van der Waals surface area (Å²) in [6.07, 6.45) is -1.95. The van der Waals surface area contributed by atoms with Crippen LogP contribution in [0.3, 0.4) is 0 Å². The molecule has 2 aromatic carbocycles. The third-order valence-electron chi connectivity index (χ3n) is 4.27. The molecule has 4 aromatic rings. The predicted octanol–water partition coefficient (Wildman–Crippen LogP) is 5.78. The first-order chi connectivity index (χ1) is 13.9. The van der Waals surface area contributed by atoms with Gasteiger partial charge in [-0.05, 0) is 41.8 Å². The van der Waals surface area contributed by atoms with Crippen LogP contribution in [0.2, 0.25) is 0 Å². The first kappa shape index (κ1) is 19.1. The molecule has 0 aliphatic heterocycles. The fourth-order valence-corrected chi connectivity index (χ4v) is 3.72. The zero-order valence-corrected chi connectivity index (χ0v) is 15.5. The third-order valence-corrected chi connectivity index (χ3v) is 5.17. The van der Waals surface area contributed by atoms with Gasteiger partial charge in [-0.2, -0.15) is 13.2 Å². The maximum atomic E-state index is 13.9. The van der Waals surface area contributed by atoms with Crippen LogP contribution < -0.4 is 5.56 Å². The number of rotatable bonds is 3. The molecule has 0 saturated heterocycles. The number of benzene rings is 2. The van der Waals surface area contributed by atoms with Gasteiger partial charge < -0.3 is 0 Å². The van der Waals surface area contributed by atoms with Gasteiger partial charge in [0.15, 0.2) is 0 Å². The number of hydrogen-bond acceptors (Lipinski definition) is 3. The molecule has 0 aliphatic rings. The topological polar surface area (TPSA) is 34.9 Å². The lowest BCUT2D eigenvalue weighted by atomic mass is 10.1. The van der Waals surface area contributed by atoms with Gasteiger partial charge >= 0.3 is 6.18 Å². The number of fused-ring (bicyclic) bond motifs is 1.